The van der Waals surface area contributed by atoms with Crippen LogP contribution in [0.1, 0.15) is 45.1 Å². The molecule has 0 radical (unpaired) electrons. The van der Waals surface area contributed by atoms with E-state index in [1.54, 1.807) is 0 Å². The Morgan fingerprint density at radius 1 is 1.19 bits per heavy atom. The Balaban J connectivity index is 1.65. The Hall–Kier alpha value is -2.54. The van der Waals surface area contributed by atoms with E-state index < -0.39 is 0 Å². The molecule has 27 heavy (non-hydrogen) atoms. The first-order chi connectivity index (χ1) is 12.8. The third-order valence-electron chi connectivity index (χ3n) is 4.34. The van der Waals surface area contributed by atoms with Gasteiger partial charge in [-0.2, -0.15) is 0 Å². The van der Waals surface area contributed by atoms with Gasteiger partial charge in [0.25, 0.3) is 0 Å². The Bertz CT molecular complexity index is 955. The number of nitrogens with one attached hydrogen (secondary N) is 1. The van der Waals surface area contributed by atoms with Gasteiger partial charge in [-0.3, -0.25) is 4.79 Å². The third-order valence-corrected chi connectivity index (χ3v) is 5.28. The van der Waals surface area contributed by atoms with Crippen molar-refractivity contribution in [3.05, 3.63) is 53.9 Å². The standard InChI is InChI=1S/C20H25N5OS/c1-13(15-11-7-9-14-8-5-6-10-16(14)15)22-17(26)12-27-19-24-23-18(25(19)21)20(2,3)4/h5-11,13H,12,21H2,1-4H3,(H,22,26)/t13-/m1/s1. The lowest BCUT2D eigenvalue weighted by Gasteiger charge is -2.17. The lowest BCUT2D eigenvalue weighted by Crippen LogP contribution is -2.29. The lowest BCUT2D eigenvalue weighted by molar-refractivity contribution is -0.119. The smallest absolute Gasteiger partial charge is 0.230 e. The largest absolute Gasteiger partial charge is 0.349 e. The monoisotopic (exact) mass is 383 g/mol. The number of hydrogen-bond donors (Lipinski definition) is 2. The second-order valence-electron chi connectivity index (χ2n) is 7.57. The van der Waals surface area contributed by atoms with E-state index in [-0.39, 0.29) is 23.1 Å². The minimum absolute atomic E-state index is 0.0688. The molecule has 3 rings (SSSR count). The fraction of sp³-hybridized carbons (Fsp3) is 0.350. The molecule has 0 aliphatic rings. The zero-order chi connectivity index (χ0) is 19.6. The predicted octanol–water partition coefficient (Wildman–Crippen LogP) is 3.41. The number of benzene rings is 2. The summed E-state index contributed by atoms with van der Waals surface area (Å²) in [6.07, 6.45) is 0. The Kier molecular flexibility index (Phi) is 5.41. The van der Waals surface area contributed by atoms with E-state index in [0.29, 0.717) is 11.0 Å². The molecule has 3 aromatic rings. The molecule has 1 heterocycles. The Morgan fingerprint density at radius 2 is 1.89 bits per heavy atom. The molecule has 142 valence electrons. The number of nitrogens with two attached hydrogens (primary N) is 1. The van der Waals surface area contributed by atoms with Crippen molar-refractivity contribution in [2.75, 3.05) is 11.6 Å². The summed E-state index contributed by atoms with van der Waals surface area (Å²) >= 11 is 1.29. The number of fused-ring (bicyclic) bond motifs is 1. The van der Waals surface area contributed by atoms with Crippen LogP contribution in [0, 0.1) is 0 Å². The van der Waals surface area contributed by atoms with E-state index in [0.717, 1.165) is 16.3 Å². The zero-order valence-electron chi connectivity index (χ0n) is 16.1. The van der Waals surface area contributed by atoms with Crippen LogP contribution >= 0.6 is 11.8 Å². The van der Waals surface area contributed by atoms with Gasteiger partial charge in [-0.15, -0.1) is 10.2 Å². The Labute approximate surface area is 163 Å². The number of rotatable bonds is 5. The summed E-state index contributed by atoms with van der Waals surface area (Å²) in [6.45, 7) is 8.06. The van der Waals surface area contributed by atoms with Gasteiger partial charge in [0.05, 0.1) is 11.8 Å². The van der Waals surface area contributed by atoms with Gasteiger partial charge in [-0.1, -0.05) is 75.0 Å². The molecule has 7 heteroatoms. The van der Waals surface area contributed by atoms with Crippen LogP contribution in [0.4, 0.5) is 0 Å². The number of hydrogen-bond acceptors (Lipinski definition) is 5. The molecule has 0 aliphatic carbocycles. The molecule has 6 nitrogen and oxygen atoms in total. The van der Waals surface area contributed by atoms with Crippen LogP contribution in [-0.4, -0.2) is 26.5 Å². The fourth-order valence-corrected chi connectivity index (χ4v) is 3.67. The molecule has 0 fully saturated rings. The van der Waals surface area contributed by atoms with Gasteiger partial charge in [-0.25, -0.2) is 4.68 Å². The average molecular weight is 384 g/mol. The van der Waals surface area contributed by atoms with Crippen molar-refractivity contribution >= 4 is 28.4 Å². The zero-order valence-corrected chi connectivity index (χ0v) is 16.9. The van der Waals surface area contributed by atoms with Crippen LogP contribution in [0.5, 0.6) is 0 Å². The number of amides is 1. The molecule has 2 aromatic carbocycles. The lowest BCUT2D eigenvalue weighted by atomic mass is 9.96. The van der Waals surface area contributed by atoms with E-state index in [9.17, 15) is 4.79 Å². The molecule has 0 saturated carbocycles. The molecule has 0 saturated heterocycles. The molecular formula is C20H25N5OS. The van der Waals surface area contributed by atoms with Gasteiger partial charge in [0.1, 0.15) is 0 Å². The summed E-state index contributed by atoms with van der Waals surface area (Å²) in [7, 11) is 0. The average Bonchev–Trinajstić information content (AvgIpc) is 3.00. The second kappa shape index (κ2) is 7.60. The molecular weight excluding hydrogens is 358 g/mol. The molecule has 1 atom stereocenters. The SMILES string of the molecule is C[C@@H](NC(=O)CSc1nnc(C(C)(C)C)n1N)c1cccc2ccccc12. The van der Waals surface area contributed by atoms with E-state index in [4.69, 9.17) is 5.84 Å². The van der Waals surface area contributed by atoms with Crippen LogP contribution in [0.2, 0.25) is 0 Å². The number of nitrogen functional groups attached to an aromatic ring is 1. The Morgan fingerprint density at radius 3 is 2.59 bits per heavy atom. The van der Waals surface area contributed by atoms with E-state index >= 15 is 0 Å². The van der Waals surface area contributed by atoms with Gasteiger partial charge in [0, 0.05) is 5.41 Å². The number of nitrogens with zero attached hydrogens (tertiary/aromatic N) is 3. The summed E-state index contributed by atoms with van der Waals surface area (Å²) in [5, 5.41) is 14.2. The van der Waals surface area contributed by atoms with Gasteiger partial charge in [0.15, 0.2) is 5.82 Å². The van der Waals surface area contributed by atoms with Crippen LogP contribution in [0.15, 0.2) is 47.6 Å². The van der Waals surface area contributed by atoms with Crippen molar-refractivity contribution in [3.63, 3.8) is 0 Å². The highest BCUT2D eigenvalue weighted by molar-refractivity contribution is 7.99. The summed E-state index contributed by atoms with van der Waals surface area (Å²) in [5.41, 5.74) is 0.898. The minimum atomic E-state index is -0.203. The minimum Gasteiger partial charge on any atom is -0.349 e. The number of carbonyl (C=O) groups is 1. The first-order valence-corrected chi connectivity index (χ1v) is 9.86. The van der Waals surface area contributed by atoms with Crippen molar-refractivity contribution in [1.82, 2.24) is 20.2 Å². The summed E-state index contributed by atoms with van der Waals surface area (Å²) in [4.78, 5) is 12.4. The van der Waals surface area contributed by atoms with Crippen molar-refractivity contribution < 1.29 is 4.79 Å². The normalized spacial score (nSPS) is 12.9. The van der Waals surface area contributed by atoms with Crippen molar-refractivity contribution in [2.45, 2.75) is 44.3 Å². The van der Waals surface area contributed by atoms with Crippen LogP contribution in [0.3, 0.4) is 0 Å². The maximum Gasteiger partial charge on any atom is 0.230 e. The highest BCUT2D eigenvalue weighted by Gasteiger charge is 2.23. The molecule has 0 bridgehead atoms. The summed E-state index contributed by atoms with van der Waals surface area (Å²) in [6, 6.07) is 14.2. The van der Waals surface area contributed by atoms with Gasteiger partial charge in [-0.05, 0) is 23.3 Å². The van der Waals surface area contributed by atoms with Crippen LogP contribution in [0.25, 0.3) is 10.8 Å². The summed E-state index contributed by atoms with van der Waals surface area (Å²) < 4.78 is 1.46. The van der Waals surface area contributed by atoms with Gasteiger partial charge < -0.3 is 11.2 Å². The van der Waals surface area contributed by atoms with E-state index in [2.05, 4.69) is 33.7 Å². The molecule has 3 N–H and O–H groups in total. The predicted molar refractivity (Wildman–Crippen MR) is 110 cm³/mol. The summed E-state index contributed by atoms with van der Waals surface area (Å²) in [5.74, 6) is 6.92. The molecule has 0 unspecified atom stereocenters. The number of carbonyl (C=O) groups excluding carboxylic acids is 1. The number of thioether (sulfide) groups is 1. The first kappa shape index (κ1) is 19.2. The quantitative estimate of drug-likeness (QED) is 0.521. The molecule has 1 aromatic heterocycles. The van der Waals surface area contributed by atoms with E-state index in [1.165, 1.54) is 16.4 Å². The first-order valence-electron chi connectivity index (χ1n) is 8.88. The van der Waals surface area contributed by atoms with Gasteiger partial charge in [0.2, 0.25) is 11.1 Å². The molecule has 0 spiro atoms. The van der Waals surface area contributed by atoms with Crippen LogP contribution < -0.4 is 11.2 Å². The topological polar surface area (TPSA) is 85.8 Å². The van der Waals surface area contributed by atoms with Crippen molar-refractivity contribution in [2.24, 2.45) is 0 Å². The maximum absolute atomic E-state index is 12.4. The third kappa shape index (κ3) is 4.24. The second-order valence-corrected chi connectivity index (χ2v) is 8.51. The molecule has 0 aliphatic heterocycles. The molecule has 1 amide bonds. The van der Waals surface area contributed by atoms with Crippen molar-refractivity contribution in [1.29, 1.82) is 0 Å². The number of aromatic nitrogens is 3. The maximum atomic E-state index is 12.4. The van der Waals surface area contributed by atoms with Crippen molar-refractivity contribution in [3.8, 4) is 0 Å². The highest BCUT2D eigenvalue weighted by atomic mass is 32.2. The van der Waals surface area contributed by atoms with Crippen LogP contribution in [-0.2, 0) is 10.2 Å². The fourth-order valence-electron chi connectivity index (χ4n) is 3.01. The van der Waals surface area contributed by atoms with E-state index in [1.807, 2.05) is 52.0 Å². The highest BCUT2D eigenvalue weighted by Crippen LogP contribution is 2.25. The van der Waals surface area contributed by atoms with Gasteiger partial charge >= 0.3 is 0 Å².